The van der Waals surface area contributed by atoms with Gasteiger partial charge in [0.25, 0.3) is 0 Å². The van der Waals surface area contributed by atoms with Crippen molar-refractivity contribution in [3.05, 3.63) is 23.3 Å². The molecule has 148 valence electrons. The summed E-state index contributed by atoms with van der Waals surface area (Å²) in [6, 6.07) is 0. The molecule has 0 saturated heterocycles. The Hall–Kier alpha value is -1.38. The molecule has 0 aromatic rings. The lowest BCUT2D eigenvalue weighted by Crippen LogP contribution is -2.48. The van der Waals surface area contributed by atoms with Gasteiger partial charge in [0.05, 0.1) is 0 Å². The fourth-order valence-electron chi connectivity index (χ4n) is 7.32. The Bertz CT molecular complexity index is 717. The number of carbonyl (C=O) groups excluding carboxylic acids is 2. The van der Waals surface area contributed by atoms with Crippen molar-refractivity contribution in [3.63, 3.8) is 0 Å². The molecule has 0 amide bonds. The van der Waals surface area contributed by atoms with Crippen LogP contribution in [-0.4, -0.2) is 17.9 Å². The number of fused-ring (bicyclic) bond motifs is 5. The van der Waals surface area contributed by atoms with E-state index in [1.54, 1.807) is 6.92 Å². The van der Waals surface area contributed by atoms with E-state index in [9.17, 15) is 9.59 Å². The normalized spacial score (nSPS) is 43.4. The molecule has 0 aromatic heterocycles. The third kappa shape index (κ3) is 2.93. The Morgan fingerprint density at radius 3 is 2.44 bits per heavy atom. The van der Waals surface area contributed by atoms with Crippen LogP contribution in [0.4, 0.5) is 0 Å². The zero-order chi connectivity index (χ0) is 19.4. The van der Waals surface area contributed by atoms with Crippen molar-refractivity contribution in [2.75, 3.05) is 0 Å². The Labute approximate surface area is 163 Å². The highest BCUT2D eigenvalue weighted by Crippen LogP contribution is 2.64. The molecule has 0 N–H and O–H groups in total. The number of esters is 1. The monoisotopic (exact) mass is 370 g/mol. The number of allylic oxidation sites excluding steroid dienone is 3. The third-order valence-electron chi connectivity index (χ3n) is 8.61. The number of ketones is 1. The molecular weight excluding hydrogens is 336 g/mol. The van der Waals surface area contributed by atoms with Crippen LogP contribution in [0.1, 0.15) is 79.1 Å². The van der Waals surface area contributed by atoms with Crippen LogP contribution < -0.4 is 0 Å². The van der Waals surface area contributed by atoms with E-state index in [1.807, 2.05) is 0 Å². The zero-order valence-corrected chi connectivity index (χ0v) is 17.3. The largest absolute Gasteiger partial charge is 0.462 e. The van der Waals surface area contributed by atoms with Gasteiger partial charge in [-0.25, -0.2) is 0 Å². The number of hydrogen-bond acceptors (Lipinski definition) is 3. The van der Waals surface area contributed by atoms with Crippen molar-refractivity contribution in [1.29, 1.82) is 0 Å². The average Bonchev–Trinajstić information content (AvgIpc) is 2.87. The van der Waals surface area contributed by atoms with Crippen LogP contribution in [0.3, 0.4) is 0 Å². The first-order chi connectivity index (χ1) is 12.8. The number of ether oxygens (including phenoxy) is 1. The summed E-state index contributed by atoms with van der Waals surface area (Å²) in [7, 11) is 0. The predicted molar refractivity (Wildman–Crippen MR) is 106 cm³/mol. The Morgan fingerprint density at radius 2 is 1.74 bits per heavy atom. The lowest BCUT2D eigenvalue weighted by molar-refractivity contribution is -0.148. The molecule has 2 fully saturated rings. The maximum Gasteiger partial charge on any atom is 0.302 e. The van der Waals surface area contributed by atoms with Crippen molar-refractivity contribution in [2.45, 2.75) is 85.2 Å². The second kappa shape index (κ2) is 6.60. The van der Waals surface area contributed by atoms with E-state index in [2.05, 4.69) is 26.0 Å². The summed E-state index contributed by atoms with van der Waals surface area (Å²) in [6.45, 7) is 8.10. The highest BCUT2D eigenvalue weighted by Gasteiger charge is 2.56. The molecule has 3 nitrogen and oxygen atoms in total. The minimum absolute atomic E-state index is 0.0599. The van der Waals surface area contributed by atoms with Crippen LogP contribution in [0, 0.1) is 28.6 Å². The molecule has 2 saturated carbocycles. The number of hydrogen-bond donors (Lipinski definition) is 0. The molecule has 6 atom stereocenters. The lowest BCUT2D eigenvalue weighted by Gasteiger charge is -2.54. The lowest BCUT2D eigenvalue weighted by atomic mass is 9.50. The van der Waals surface area contributed by atoms with Gasteiger partial charge in [-0.05, 0) is 86.0 Å². The van der Waals surface area contributed by atoms with Gasteiger partial charge in [-0.3, -0.25) is 9.59 Å². The second-order valence-corrected chi connectivity index (χ2v) is 9.94. The van der Waals surface area contributed by atoms with Crippen LogP contribution in [-0.2, 0) is 14.3 Å². The van der Waals surface area contributed by atoms with Crippen LogP contribution in [0.2, 0.25) is 0 Å². The standard InChI is InChI=1S/C24H34O3/c1-15(25)20-8-9-21-19-7-5-6-17-14-18(27-16(2)26)10-12-23(17,3)22(19)11-13-24(20,21)4/h6,8,18-19,21-22H,5,7,9-14H2,1-4H3/t18-,19+,21-,22-,23-,24+/m0/s1. The molecule has 3 heteroatoms. The van der Waals surface area contributed by atoms with Crippen molar-refractivity contribution >= 4 is 11.8 Å². The van der Waals surface area contributed by atoms with Gasteiger partial charge in [-0.15, -0.1) is 0 Å². The molecule has 0 radical (unpaired) electrons. The van der Waals surface area contributed by atoms with Crippen LogP contribution in [0.5, 0.6) is 0 Å². The highest BCUT2D eigenvalue weighted by atomic mass is 16.5. The topological polar surface area (TPSA) is 43.4 Å². The molecular formula is C24H34O3. The van der Waals surface area contributed by atoms with Gasteiger partial charge in [0, 0.05) is 13.3 Å². The van der Waals surface area contributed by atoms with Gasteiger partial charge in [0.1, 0.15) is 6.10 Å². The Balaban J connectivity index is 1.59. The molecule has 27 heavy (non-hydrogen) atoms. The van der Waals surface area contributed by atoms with Crippen LogP contribution in [0.15, 0.2) is 23.3 Å². The summed E-state index contributed by atoms with van der Waals surface area (Å²) in [6.07, 6.45) is 13.6. The van der Waals surface area contributed by atoms with E-state index in [4.69, 9.17) is 4.74 Å². The Kier molecular flexibility index (Phi) is 4.63. The fraction of sp³-hybridized carbons (Fsp3) is 0.750. The smallest absolute Gasteiger partial charge is 0.302 e. The summed E-state index contributed by atoms with van der Waals surface area (Å²) in [4.78, 5) is 23.6. The van der Waals surface area contributed by atoms with Crippen molar-refractivity contribution in [1.82, 2.24) is 0 Å². The average molecular weight is 371 g/mol. The van der Waals surface area contributed by atoms with Gasteiger partial charge in [0.15, 0.2) is 5.78 Å². The molecule has 4 aliphatic rings. The van der Waals surface area contributed by atoms with E-state index in [0.717, 1.165) is 44.1 Å². The minimum Gasteiger partial charge on any atom is -0.462 e. The first-order valence-electron chi connectivity index (χ1n) is 10.8. The summed E-state index contributed by atoms with van der Waals surface area (Å²) in [5.41, 5.74) is 2.96. The Morgan fingerprint density at radius 1 is 1.00 bits per heavy atom. The van der Waals surface area contributed by atoms with Gasteiger partial charge in [-0.2, -0.15) is 0 Å². The molecule has 0 heterocycles. The molecule has 4 aliphatic carbocycles. The van der Waals surface area contributed by atoms with E-state index >= 15 is 0 Å². The van der Waals surface area contributed by atoms with E-state index in [0.29, 0.717) is 17.8 Å². The molecule has 0 aliphatic heterocycles. The first-order valence-corrected chi connectivity index (χ1v) is 10.8. The maximum absolute atomic E-state index is 12.2. The van der Waals surface area contributed by atoms with Gasteiger partial charge in [0.2, 0.25) is 0 Å². The summed E-state index contributed by atoms with van der Waals surface area (Å²) in [5, 5.41) is 0. The summed E-state index contributed by atoms with van der Waals surface area (Å²) < 4.78 is 5.56. The van der Waals surface area contributed by atoms with Gasteiger partial charge >= 0.3 is 5.97 Å². The summed E-state index contributed by atoms with van der Waals surface area (Å²) in [5.74, 6) is 2.13. The molecule has 0 spiro atoms. The van der Waals surface area contributed by atoms with E-state index in [1.165, 1.54) is 25.3 Å². The fourth-order valence-corrected chi connectivity index (χ4v) is 7.32. The first kappa shape index (κ1) is 19.0. The number of carbonyl (C=O) groups is 2. The number of rotatable bonds is 2. The second-order valence-electron chi connectivity index (χ2n) is 9.94. The van der Waals surface area contributed by atoms with E-state index in [-0.39, 0.29) is 28.7 Å². The summed E-state index contributed by atoms with van der Waals surface area (Å²) >= 11 is 0. The van der Waals surface area contributed by atoms with Crippen molar-refractivity contribution < 1.29 is 14.3 Å². The molecule has 4 rings (SSSR count). The van der Waals surface area contributed by atoms with Crippen molar-refractivity contribution in [3.8, 4) is 0 Å². The maximum atomic E-state index is 12.2. The molecule has 0 bridgehead atoms. The predicted octanol–water partition coefficient (Wildman–Crippen LogP) is 5.40. The van der Waals surface area contributed by atoms with E-state index < -0.39 is 0 Å². The molecule has 0 unspecified atom stereocenters. The van der Waals surface area contributed by atoms with Gasteiger partial charge < -0.3 is 4.74 Å². The highest BCUT2D eigenvalue weighted by molar-refractivity contribution is 5.95. The van der Waals surface area contributed by atoms with Gasteiger partial charge in [-0.1, -0.05) is 31.6 Å². The SMILES string of the molecule is CC(=O)O[C@H]1CC[C@@]2(C)C(=CCC[C@H]3[C@@H]2CC[C@]2(C)C(C(C)=O)=CC[C@@H]32)C1. The van der Waals surface area contributed by atoms with Crippen molar-refractivity contribution in [2.24, 2.45) is 28.6 Å². The molecule has 0 aromatic carbocycles. The quantitative estimate of drug-likeness (QED) is 0.483. The minimum atomic E-state index is -0.155. The van der Waals surface area contributed by atoms with Crippen LogP contribution >= 0.6 is 0 Å². The number of Topliss-reactive ketones (excluding diaryl/α,β-unsaturated/α-hetero) is 1. The zero-order valence-electron chi connectivity index (χ0n) is 17.3. The van der Waals surface area contributed by atoms with Crippen LogP contribution in [0.25, 0.3) is 0 Å². The third-order valence-corrected chi connectivity index (χ3v) is 8.61.